The van der Waals surface area contributed by atoms with Crippen molar-refractivity contribution in [3.63, 3.8) is 0 Å². The minimum absolute atomic E-state index is 0.0234. The fourth-order valence-electron chi connectivity index (χ4n) is 2.48. The number of aromatic nitrogens is 4. The van der Waals surface area contributed by atoms with Crippen LogP contribution in [0.4, 0.5) is 0 Å². The third-order valence-electron chi connectivity index (χ3n) is 3.52. The van der Waals surface area contributed by atoms with E-state index in [2.05, 4.69) is 20.8 Å². The maximum atomic E-state index is 11.8. The van der Waals surface area contributed by atoms with Gasteiger partial charge in [0.25, 0.3) is 5.91 Å². The van der Waals surface area contributed by atoms with E-state index < -0.39 is 0 Å². The van der Waals surface area contributed by atoms with Gasteiger partial charge >= 0.3 is 0 Å². The second-order valence-corrected chi connectivity index (χ2v) is 5.09. The zero-order valence-electron chi connectivity index (χ0n) is 11.6. The minimum Gasteiger partial charge on any atom is -0.484 e. The fraction of sp³-hybridized carbons (Fsp3) is 0.429. The van der Waals surface area contributed by atoms with E-state index in [0.29, 0.717) is 11.8 Å². The lowest BCUT2D eigenvalue weighted by Gasteiger charge is -2.12. The zero-order chi connectivity index (χ0) is 14.5. The minimum atomic E-state index is -0.0743. The molecule has 1 fully saturated rings. The number of carbonyl (C=O) groups excluding carboxylic acids is 1. The number of benzene rings is 1. The molecule has 7 heteroatoms. The molecule has 1 aliphatic rings. The SMILES string of the molecule is O=C(COc1cccc(-n2cnnn2)c1)NC1CCCC1. The van der Waals surface area contributed by atoms with Gasteiger partial charge in [-0.2, -0.15) is 0 Å². The van der Waals surface area contributed by atoms with E-state index in [4.69, 9.17) is 4.74 Å². The van der Waals surface area contributed by atoms with Crippen LogP contribution in [0.2, 0.25) is 0 Å². The summed E-state index contributed by atoms with van der Waals surface area (Å²) in [5.41, 5.74) is 0.786. The Hall–Kier alpha value is -2.44. The Balaban J connectivity index is 1.55. The van der Waals surface area contributed by atoms with Crippen LogP contribution in [0.1, 0.15) is 25.7 Å². The number of carbonyl (C=O) groups is 1. The Kier molecular flexibility index (Phi) is 4.09. The Morgan fingerprint density at radius 3 is 3.00 bits per heavy atom. The average molecular weight is 287 g/mol. The number of amides is 1. The van der Waals surface area contributed by atoms with Crippen molar-refractivity contribution in [3.8, 4) is 11.4 Å². The number of nitrogens with one attached hydrogen (secondary N) is 1. The van der Waals surface area contributed by atoms with Crippen molar-refractivity contribution in [2.45, 2.75) is 31.7 Å². The molecule has 0 radical (unpaired) electrons. The van der Waals surface area contributed by atoms with Crippen LogP contribution >= 0.6 is 0 Å². The van der Waals surface area contributed by atoms with Crippen molar-refractivity contribution < 1.29 is 9.53 Å². The summed E-state index contributed by atoms with van der Waals surface area (Å²) >= 11 is 0. The molecule has 0 atom stereocenters. The molecule has 2 aromatic rings. The molecule has 0 unspecified atom stereocenters. The molecule has 3 rings (SSSR count). The highest BCUT2D eigenvalue weighted by Crippen LogP contribution is 2.18. The highest BCUT2D eigenvalue weighted by molar-refractivity contribution is 5.77. The van der Waals surface area contributed by atoms with Crippen molar-refractivity contribution in [1.82, 2.24) is 25.5 Å². The van der Waals surface area contributed by atoms with Crippen LogP contribution in [0.3, 0.4) is 0 Å². The van der Waals surface area contributed by atoms with Crippen molar-refractivity contribution in [2.24, 2.45) is 0 Å². The standard InChI is InChI=1S/C14H17N5O2/c20-14(16-11-4-1-2-5-11)9-21-13-7-3-6-12(8-13)19-10-15-17-18-19/h3,6-8,10-11H,1-2,4-5,9H2,(H,16,20). The normalized spacial score (nSPS) is 15.0. The molecule has 1 aromatic heterocycles. The zero-order valence-corrected chi connectivity index (χ0v) is 11.6. The molecule has 0 bridgehead atoms. The van der Waals surface area contributed by atoms with Gasteiger partial charge in [0, 0.05) is 12.1 Å². The van der Waals surface area contributed by atoms with Crippen LogP contribution in [0.15, 0.2) is 30.6 Å². The van der Waals surface area contributed by atoms with Gasteiger partial charge in [0.15, 0.2) is 6.61 Å². The smallest absolute Gasteiger partial charge is 0.258 e. The summed E-state index contributed by atoms with van der Waals surface area (Å²) in [5, 5.41) is 14.0. The van der Waals surface area contributed by atoms with Gasteiger partial charge < -0.3 is 10.1 Å². The lowest BCUT2D eigenvalue weighted by atomic mass is 10.2. The Labute approximate surface area is 122 Å². The van der Waals surface area contributed by atoms with Crippen LogP contribution in [0.5, 0.6) is 5.75 Å². The molecule has 1 N–H and O–H groups in total. The first-order chi connectivity index (χ1) is 10.3. The molecular formula is C14H17N5O2. The van der Waals surface area contributed by atoms with Gasteiger partial charge in [-0.05, 0) is 35.4 Å². The van der Waals surface area contributed by atoms with Crippen LogP contribution in [-0.4, -0.2) is 38.8 Å². The number of rotatable bonds is 5. The molecule has 0 aliphatic heterocycles. The summed E-state index contributed by atoms with van der Waals surface area (Å²) < 4.78 is 7.06. The summed E-state index contributed by atoms with van der Waals surface area (Å²) in [5.74, 6) is 0.541. The quantitative estimate of drug-likeness (QED) is 0.890. The Bertz CT molecular complexity index is 593. The molecule has 1 heterocycles. The van der Waals surface area contributed by atoms with Crippen molar-refractivity contribution in [1.29, 1.82) is 0 Å². The van der Waals surface area contributed by atoms with E-state index in [1.807, 2.05) is 12.1 Å². The van der Waals surface area contributed by atoms with Crippen LogP contribution in [-0.2, 0) is 4.79 Å². The number of hydrogen-bond donors (Lipinski definition) is 1. The predicted octanol–water partition coefficient (Wildman–Crippen LogP) is 1.10. The summed E-state index contributed by atoms with van der Waals surface area (Å²) in [6.45, 7) is 0.0234. The molecule has 21 heavy (non-hydrogen) atoms. The number of nitrogens with zero attached hydrogens (tertiary/aromatic N) is 4. The number of tetrazole rings is 1. The van der Waals surface area contributed by atoms with Gasteiger partial charge in [-0.25, -0.2) is 4.68 Å². The van der Waals surface area contributed by atoms with Crippen molar-refractivity contribution >= 4 is 5.91 Å². The maximum absolute atomic E-state index is 11.8. The van der Waals surface area contributed by atoms with Gasteiger partial charge in [0.1, 0.15) is 12.1 Å². The molecule has 1 aliphatic carbocycles. The lowest BCUT2D eigenvalue weighted by molar-refractivity contribution is -0.123. The van der Waals surface area contributed by atoms with Gasteiger partial charge in [0.2, 0.25) is 0 Å². The lowest BCUT2D eigenvalue weighted by Crippen LogP contribution is -2.36. The topological polar surface area (TPSA) is 81.9 Å². The Morgan fingerprint density at radius 2 is 2.24 bits per heavy atom. The van der Waals surface area contributed by atoms with E-state index in [1.165, 1.54) is 23.9 Å². The van der Waals surface area contributed by atoms with E-state index in [9.17, 15) is 4.79 Å². The summed E-state index contributed by atoms with van der Waals surface area (Å²) in [7, 11) is 0. The average Bonchev–Trinajstić information content (AvgIpc) is 3.19. The molecule has 0 spiro atoms. The molecule has 7 nitrogen and oxygen atoms in total. The van der Waals surface area contributed by atoms with Crippen molar-refractivity contribution in [2.75, 3.05) is 6.61 Å². The van der Waals surface area contributed by atoms with Gasteiger partial charge in [-0.15, -0.1) is 5.10 Å². The molecule has 0 saturated heterocycles. The third kappa shape index (κ3) is 3.56. The number of hydrogen-bond acceptors (Lipinski definition) is 5. The van der Waals surface area contributed by atoms with E-state index in [-0.39, 0.29) is 12.5 Å². The monoisotopic (exact) mass is 287 g/mol. The highest BCUT2D eigenvalue weighted by Gasteiger charge is 2.17. The predicted molar refractivity (Wildman–Crippen MR) is 75.0 cm³/mol. The molecule has 1 aromatic carbocycles. The van der Waals surface area contributed by atoms with Gasteiger partial charge in [-0.1, -0.05) is 18.9 Å². The molecule has 1 amide bonds. The summed E-state index contributed by atoms with van der Waals surface area (Å²) in [4.78, 5) is 11.8. The summed E-state index contributed by atoms with van der Waals surface area (Å²) in [6, 6.07) is 7.60. The largest absolute Gasteiger partial charge is 0.484 e. The molecule has 1 saturated carbocycles. The second-order valence-electron chi connectivity index (χ2n) is 5.09. The highest BCUT2D eigenvalue weighted by atomic mass is 16.5. The second kappa shape index (κ2) is 6.34. The van der Waals surface area contributed by atoms with Gasteiger partial charge in [-0.3, -0.25) is 4.79 Å². The number of ether oxygens (including phenoxy) is 1. The third-order valence-corrected chi connectivity index (χ3v) is 3.52. The Morgan fingerprint density at radius 1 is 1.38 bits per heavy atom. The van der Waals surface area contributed by atoms with Crippen LogP contribution in [0, 0.1) is 0 Å². The molecule has 110 valence electrons. The summed E-state index contributed by atoms with van der Waals surface area (Å²) in [6.07, 6.45) is 6.03. The van der Waals surface area contributed by atoms with Gasteiger partial charge in [0.05, 0.1) is 5.69 Å². The van der Waals surface area contributed by atoms with E-state index in [1.54, 1.807) is 12.1 Å². The van der Waals surface area contributed by atoms with Crippen molar-refractivity contribution in [3.05, 3.63) is 30.6 Å². The van der Waals surface area contributed by atoms with E-state index >= 15 is 0 Å². The maximum Gasteiger partial charge on any atom is 0.258 e. The van der Waals surface area contributed by atoms with Crippen LogP contribution in [0.25, 0.3) is 5.69 Å². The van der Waals surface area contributed by atoms with Crippen LogP contribution < -0.4 is 10.1 Å². The first-order valence-corrected chi connectivity index (χ1v) is 7.07. The fourth-order valence-corrected chi connectivity index (χ4v) is 2.48. The molecular weight excluding hydrogens is 270 g/mol. The van der Waals surface area contributed by atoms with E-state index in [0.717, 1.165) is 18.5 Å². The first-order valence-electron chi connectivity index (χ1n) is 7.07. The first kappa shape index (κ1) is 13.5.